The van der Waals surface area contributed by atoms with Crippen molar-refractivity contribution in [3.05, 3.63) is 47.0 Å². The van der Waals surface area contributed by atoms with Crippen molar-refractivity contribution in [1.29, 1.82) is 0 Å². The second-order valence-electron chi connectivity index (χ2n) is 3.61. The van der Waals surface area contributed by atoms with Gasteiger partial charge in [-0.05, 0) is 24.1 Å². The number of hydrogen-bond acceptors (Lipinski definition) is 1. The van der Waals surface area contributed by atoms with Crippen molar-refractivity contribution in [3.63, 3.8) is 0 Å². The van der Waals surface area contributed by atoms with E-state index in [4.69, 9.17) is 0 Å². The van der Waals surface area contributed by atoms with Gasteiger partial charge in [0.1, 0.15) is 5.78 Å². The molecular weight excluding hydrogens is 240 g/mol. The highest BCUT2D eigenvalue weighted by Gasteiger charge is 2.44. The molecule has 2 rings (SSSR count). The summed E-state index contributed by atoms with van der Waals surface area (Å²) < 4.78 is 1.03. The first-order chi connectivity index (χ1) is 6.69. The molecule has 0 saturated heterocycles. The van der Waals surface area contributed by atoms with Crippen LogP contribution in [-0.4, -0.2) is 5.78 Å². The average Bonchev–Trinajstić information content (AvgIpc) is 2.20. The molecule has 1 saturated carbocycles. The van der Waals surface area contributed by atoms with Crippen LogP contribution in [0.3, 0.4) is 0 Å². The van der Waals surface area contributed by atoms with Gasteiger partial charge in [0.2, 0.25) is 0 Å². The molecule has 0 bridgehead atoms. The highest BCUT2D eigenvalue weighted by Crippen LogP contribution is 2.41. The second-order valence-corrected chi connectivity index (χ2v) is 4.52. The van der Waals surface area contributed by atoms with E-state index in [0.29, 0.717) is 6.42 Å². The molecular formula is C12H11BrO. The normalized spacial score (nSPS) is 25.6. The Kier molecular flexibility index (Phi) is 2.31. The monoisotopic (exact) mass is 250 g/mol. The Morgan fingerprint density at radius 3 is 2.36 bits per heavy atom. The molecule has 0 spiro atoms. The van der Waals surface area contributed by atoms with E-state index in [1.807, 2.05) is 24.3 Å². The summed E-state index contributed by atoms with van der Waals surface area (Å²) in [7, 11) is 0. The van der Waals surface area contributed by atoms with Gasteiger partial charge < -0.3 is 0 Å². The van der Waals surface area contributed by atoms with Crippen LogP contribution in [0.1, 0.15) is 18.4 Å². The third-order valence-electron chi connectivity index (χ3n) is 2.95. The summed E-state index contributed by atoms with van der Waals surface area (Å²) in [5.74, 6) is 0.287. The first-order valence-corrected chi connectivity index (χ1v) is 5.41. The molecule has 1 aromatic carbocycles. The van der Waals surface area contributed by atoms with Gasteiger partial charge >= 0.3 is 0 Å². The standard InChI is InChI=1S/C12H11BrO/c1-2-12(8-7-11(12)14)9-3-5-10(13)6-4-9/h2-6H,1,7-8H2/t12-/m0/s1. The first-order valence-electron chi connectivity index (χ1n) is 4.62. The fraction of sp³-hybridized carbons (Fsp3) is 0.250. The number of rotatable bonds is 2. The van der Waals surface area contributed by atoms with Gasteiger partial charge in [0, 0.05) is 10.9 Å². The average molecular weight is 251 g/mol. The highest BCUT2D eigenvalue weighted by atomic mass is 79.9. The molecule has 1 nitrogen and oxygen atoms in total. The Morgan fingerprint density at radius 2 is 2.00 bits per heavy atom. The largest absolute Gasteiger partial charge is 0.298 e. The van der Waals surface area contributed by atoms with Gasteiger partial charge in [-0.2, -0.15) is 0 Å². The molecule has 2 heteroatoms. The van der Waals surface area contributed by atoms with Crippen LogP contribution < -0.4 is 0 Å². The van der Waals surface area contributed by atoms with E-state index >= 15 is 0 Å². The lowest BCUT2D eigenvalue weighted by Gasteiger charge is -2.37. The second kappa shape index (κ2) is 3.35. The van der Waals surface area contributed by atoms with Crippen LogP contribution in [-0.2, 0) is 10.2 Å². The lowest BCUT2D eigenvalue weighted by atomic mass is 9.63. The summed E-state index contributed by atoms with van der Waals surface area (Å²) in [5, 5.41) is 0. The maximum Gasteiger partial charge on any atom is 0.147 e. The van der Waals surface area contributed by atoms with Crippen molar-refractivity contribution in [2.75, 3.05) is 0 Å². The molecule has 72 valence electrons. The van der Waals surface area contributed by atoms with Gasteiger partial charge in [0.05, 0.1) is 5.41 Å². The predicted octanol–water partition coefficient (Wildman–Crippen LogP) is 3.24. The number of carbonyl (C=O) groups is 1. The number of benzene rings is 1. The van der Waals surface area contributed by atoms with E-state index < -0.39 is 0 Å². The van der Waals surface area contributed by atoms with Gasteiger partial charge in [-0.3, -0.25) is 4.79 Å². The Hall–Kier alpha value is -0.890. The van der Waals surface area contributed by atoms with Gasteiger partial charge in [-0.1, -0.05) is 34.1 Å². The topological polar surface area (TPSA) is 17.1 Å². The number of ketones is 1. The highest BCUT2D eigenvalue weighted by molar-refractivity contribution is 9.10. The number of hydrogen-bond donors (Lipinski definition) is 0. The molecule has 0 unspecified atom stereocenters. The van der Waals surface area contributed by atoms with E-state index in [9.17, 15) is 4.79 Å². The lowest BCUT2D eigenvalue weighted by molar-refractivity contribution is -0.129. The fourth-order valence-electron chi connectivity index (χ4n) is 1.88. The minimum absolute atomic E-state index is 0.287. The Morgan fingerprint density at radius 1 is 1.36 bits per heavy atom. The smallest absolute Gasteiger partial charge is 0.147 e. The molecule has 0 aromatic heterocycles. The molecule has 1 atom stereocenters. The zero-order valence-corrected chi connectivity index (χ0v) is 9.38. The summed E-state index contributed by atoms with van der Waals surface area (Å²) in [6.45, 7) is 3.77. The van der Waals surface area contributed by atoms with Crippen molar-refractivity contribution in [1.82, 2.24) is 0 Å². The van der Waals surface area contributed by atoms with E-state index in [1.54, 1.807) is 6.08 Å². The SMILES string of the molecule is C=C[C@@]1(c2ccc(Br)cc2)CCC1=O. The van der Waals surface area contributed by atoms with E-state index in [0.717, 1.165) is 16.5 Å². The van der Waals surface area contributed by atoms with Crippen LogP contribution in [0.15, 0.2) is 41.4 Å². The van der Waals surface area contributed by atoms with E-state index in [-0.39, 0.29) is 11.2 Å². The van der Waals surface area contributed by atoms with Crippen LogP contribution in [0.4, 0.5) is 0 Å². The van der Waals surface area contributed by atoms with Crippen molar-refractivity contribution in [2.45, 2.75) is 18.3 Å². The van der Waals surface area contributed by atoms with Crippen molar-refractivity contribution in [3.8, 4) is 0 Å². The molecule has 0 heterocycles. The van der Waals surface area contributed by atoms with Crippen LogP contribution in [0.25, 0.3) is 0 Å². The Labute approximate surface area is 92.0 Å². The summed E-state index contributed by atoms with van der Waals surface area (Å²) in [6, 6.07) is 7.91. The number of carbonyl (C=O) groups excluding carboxylic acids is 1. The summed E-state index contributed by atoms with van der Waals surface area (Å²) in [4.78, 5) is 11.6. The van der Waals surface area contributed by atoms with Gasteiger partial charge in [-0.25, -0.2) is 0 Å². The zero-order chi connectivity index (χ0) is 10.2. The molecule has 0 amide bonds. The zero-order valence-electron chi connectivity index (χ0n) is 7.79. The third kappa shape index (κ3) is 1.25. The molecule has 1 aliphatic carbocycles. The molecule has 0 radical (unpaired) electrons. The van der Waals surface area contributed by atoms with Crippen LogP contribution in [0.5, 0.6) is 0 Å². The van der Waals surface area contributed by atoms with Crippen LogP contribution >= 0.6 is 15.9 Å². The molecule has 0 N–H and O–H groups in total. The van der Waals surface area contributed by atoms with Crippen molar-refractivity contribution in [2.24, 2.45) is 0 Å². The Bertz CT molecular complexity index is 380. The van der Waals surface area contributed by atoms with E-state index in [2.05, 4.69) is 22.5 Å². The number of halogens is 1. The molecule has 1 aliphatic rings. The maximum atomic E-state index is 11.6. The molecule has 14 heavy (non-hydrogen) atoms. The third-order valence-corrected chi connectivity index (χ3v) is 3.48. The van der Waals surface area contributed by atoms with Crippen molar-refractivity contribution < 1.29 is 4.79 Å². The van der Waals surface area contributed by atoms with Gasteiger partial charge in [0.15, 0.2) is 0 Å². The summed E-state index contributed by atoms with van der Waals surface area (Å²) >= 11 is 3.38. The number of Topliss-reactive ketones (excluding diaryl/α,β-unsaturated/α-hetero) is 1. The van der Waals surface area contributed by atoms with Crippen molar-refractivity contribution >= 4 is 21.7 Å². The number of allylic oxidation sites excluding steroid dienone is 1. The quantitative estimate of drug-likeness (QED) is 0.737. The van der Waals surface area contributed by atoms with Gasteiger partial charge in [-0.15, -0.1) is 6.58 Å². The van der Waals surface area contributed by atoms with E-state index in [1.165, 1.54) is 0 Å². The minimum atomic E-state index is -0.388. The molecule has 0 aliphatic heterocycles. The fourth-order valence-corrected chi connectivity index (χ4v) is 2.15. The predicted molar refractivity (Wildman–Crippen MR) is 60.3 cm³/mol. The maximum absolute atomic E-state index is 11.6. The van der Waals surface area contributed by atoms with Crippen LogP contribution in [0, 0.1) is 0 Å². The van der Waals surface area contributed by atoms with Crippen LogP contribution in [0.2, 0.25) is 0 Å². The lowest BCUT2D eigenvalue weighted by Crippen LogP contribution is -2.42. The Balaban J connectivity index is 2.42. The molecule has 1 aromatic rings. The van der Waals surface area contributed by atoms with Gasteiger partial charge in [0.25, 0.3) is 0 Å². The molecule has 1 fully saturated rings. The summed E-state index contributed by atoms with van der Waals surface area (Å²) in [6.07, 6.45) is 3.36. The minimum Gasteiger partial charge on any atom is -0.298 e. The first kappa shape index (κ1) is 9.66. The summed E-state index contributed by atoms with van der Waals surface area (Å²) in [5.41, 5.74) is 0.674.